The second kappa shape index (κ2) is 7.55. The first-order valence-electron chi connectivity index (χ1n) is 9.33. The van der Waals surface area contributed by atoms with Crippen LogP contribution >= 0.6 is 0 Å². The standard InChI is InChI=1S/C21H18FN3O5S/c1-11-15(22)3-2-4-16(11)25-31(29,30)13-6-7-17-14(9-13)19-12(5-8-18(26)27)10-23-20(19)21(28)24-17/h2-4,6-7,9-10,23,25H,5,8H2,1H3,(H,24,28)(H,26,27). The Morgan fingerprint density at radius 2 is 2.00 bits per heavy atom. The van der Waals surface area contributed by atoms with E-state index in [9.17, 15) is 22.4 Å². The van der Waals surface area contributed by atoms with E-state index in [1.54, 1.807) is 6.20 Å². The number of aliphatic carboxylic acids is 1. The number of halogens is 1. The molecule has 0 aliphatic rings. The molecule has 0 saturated heterocycles. The van der Waals surface area contributed by atoms with Crippen molar-refractivity contribution in [3.05, 3.63) is 69.9 Å². The Kier molecular flexibility index (Phi) is 5.02. The van der Waals surface area contributed by atoms with Gasteiger partial charge in [0.1, 0.15) is 11.3 Å². The average molecular weight is 443 g/mol. The van der Waals surface area contributed by atoms with E-state index in [0.29, 0.717) is 21.9 Å². The lowest BCUT2D eigenvalue weighted by Crippen LogP contribution is -2.14. The number of benzene rings is 2. The van der Waals surface area contributed by atoms with Crippen molar-refractivity contribution < 1.29 is 22.7 Å². The van der Waals surface area contributed by atoms with Crippen LogP contribution < -0.4 is 10.3 Å². The molecule has 2 aromatic carbocycles. The van der Waals surface area contributed by atoms with E-state index in [2.05, 4.69) is 14.7 Å². The van der Waals surface area contributed by atoms with Crippen LogP contribution in [0.2, 0.25) is 0 Å². The molecule has 0 aliphatic heterocycles. The third-order valence-electron chi connectivity index (χ3n) is 5.13. The predicted octanol–water partition coefficient (Wildman–Crippen LogP) is 3.27. The van der Waals surface area contributed by atoms with E-state index < -0.39 is 27.4 Å². The molecule has 4 rings (SSSR count). The molecule has 0 aliphatic carbocycles. The molecule has 0 spiro atoms. The predicted molar refractivity (Wildman–Crippen MR) is 114 cm³/mol. The minimum Gasteiger partial charge on any atom is -0.481 e. The third kappa shape index (κ3) is 3.77. The van der Waals surface area contributed by atoms with Crippen LogP contribution in [0.4, 0.5) is 10.1 Å². The van der Waals surface area contributed by atoms with Gasteiger partial charge in [-0.05, 0) is 49.2 Å². The first kappa shape index (κ1) is 20.6. The van der Waals surface area contributed by atoms with Crippen LogP contribution in [-0.2, 0) is 21.2 Å². The summed E-state index contributed by atoms with van der Waals surface area (Å²) in [7, 11) is -4.06. The second-order valence-corrected chi connectivity index (χ2v) is 8.82. The van der Waals surface area contributed by atoms with E-state index in [1.807, 2.05) is 0 Å². The molecule has 10 heteroatoms. The van der Waals surface area contributed by atoms with E-state index in [4.69, 9.17) is 5.11 Å². The van der Waals surface area contributed by atoms with Gasteiger partial charge in [-0.2, -0.15) is 0 Å². The Labute approximate surface area is 175 Å². The quantitative estimate of drug-likeness (QED) is 0.363. The summed E-state index contributed by atoms with van der Waals surface area (Å²) in [6, 6.07) is 8.32. The lowest BCUT2D eigenvalue weighted by molar-refractivity contribution is -0.136. The Morgan fingerprint density at radius 1 is 1.23 bits per heavy atom. The molecule has 31 heavy (non-hydrogen) atoms. The number of carboxylic acid groups (broad SMARTS) is 1. The van der Waals surface area contributed by atoms with Crippen molar-refractivity contribution in [1.29, 1.82) is 0 Å². The average Bonchev–Trinajstić information content (AvgIpc) is 3.14. The number of hydrogen-bond donors (Lipinski definition) is 4. The molecular formula is C21H18FN3O5S. The minimum absolute atomic E-state index is 0.0811. The number of hydrogen-bond acceptors (Lipinski definition) is 4. The number of aromatic nitrogens is 2. The van der Waals surface area contributed by atoms with E-state index in [0.717, 1.165) is 0 Å². The molecule has 0 radical (unpaired) electrons. The highest BCUT2D eigenvalue weighted by Gasteiger charge is 2.19. The summed E-state index contributed by atoms with van der Waals surface area (Å²) in [5, 5.41) is 9.92. The van der Waals surface area contributed by atoms with Crippen LogP contribution in [0.25, 0.3) is 21.8 Å². The van der Waals surface area contributed by atoms with Crippen molar-refractivity contribution in [2.45, 2.75) is 24.7 Å². The van der Waals surface area contributed by atoms with Gasteiger partial charge in [0.05, 0.1) is 10.6 Å². The normalized spacial score (nSPS) is 11.8. The van der Waals surface area contributed by atoms with Crippen LogP contribution in [0.5, 0.6) is 0 Å². The third-order valence-corrected chi connectivity index (χ3v) is 6.49. The van der Waals surface area contributed by atoms with Crippen molar-refractivity contribution in [2.24, 2.45) is 0 Å². The molecule has 0 bridgehead atoms. The van der Waals surface area contributed by atoms with Gasteiger partial charge in [0, 0.05) is 34.5 Å². The van der Waals surface area contributed by atoms with Crippen molar-refractivity contribution >= 4 is 43.5 Å². The summed E-state index contributed by atoms with van der Waals surface area (Å²) >= 11 is 0. The van der Waals surface area contributed by atoms with Crippen LogP contribution in [0.15, 0.2) is 52.3 Å². The zero-order valence-electron chi connectivity index (χ0n) is 16.3. The molecule has 2 heterocycles. The number of anilines is 1. The minimum atomic E-state index is -4.06. The summed E-state index contributed by atoms with van der Waals surface area (Å²) in [6.07, 6.45) is 1.59. The van der Waals surface area contributed by atoms with Crippen molar-refractivity contribution in [3.8, 4) is 0 Å². The largest absolute Gasteiger partial charge is 0.481 e. The highest BCUT2D eigenvalue weighted by atomic mass is 32.2. The molecule has 4 N–H and O–H groups in total. The van der Waals surface area contributed by atoms with Gasteiger partial charge in [0.25, 0.3) is 15.6 Å². The number of pyridine rings is 1. The van der Waals surface area contributed by atoms with Gasteiger partial charge in [0.2, 0.25) is 0 Å². The monoisotopic (exact) mass is 443 g/mol. The number of carbonyl (C=O) groups is 1. The lowest BCUT2D eigenvalue weighted by Gasteiger charge is -2.12. The fourth-order valence-corrected chi connectivity index (χ4v) is 4.65. The van der Waals surface area contributed by atoms with Crippen LogP contribution in [0.1, 0.15) is 17.5 Å². The number of aryl methyl sites for hydroxylation is 1. The first-order valence-corrected chi connectivity index (χ1v) is 10.8. The molecule has 0 atom stereocenters. The molecule has 160 valence electrons. The first-order chi connectivity index (χ1) is 14.7. The Hall–Kier alpha value is -3.66. The fourth-order valence-electron chi connectivity index (χ4n) is 3.50. The van der Waals surface area contributed by atoms with Gasteiger partial charge in [-0.25, -0.2) is 12.8 Å². The number of rotatable bonds is 6. The second-order valence-electron chi connectivity index (χ2n) is 7.14. The number of carboxylic acids is 1. The van der Waals surface area contributed by atoms with Crippen LogP contribution in [-0.4, -0.2) is 29.5 Å². The van der Waals surface area contributed by atoms with E-state index in [1.165, 1.54) is 43.3 Å². The molecule has 2 aromatic heterocycles. The number of sulfonamides is 1. The highest BCUT2D eigenvalue weighted by Crippen LogP contribution is 2.29. The van der Waals surface area contributed by atoms with Gasteiger partial charge < -0.3 is 15.1 Å². The number of fused-ring (bicyclic) bond motifs is 3. The lowest BCUT2D eigenvalue weighted by atomic mass is 10.0. The van der Waals surface area contributed by atoms with Gasteiger partial charge in [-0.1, -0.05) is 6.07 Å². The maximum Gasteiger partial charge on any atom is 0.303 e. The zero-order chi connectivity index (χ0) is 22.3. The van der Waals surface area contributed by atoms with Crippen molar-refractivity contribution in [2.75, 3.05) is 4.72 Å². The highest BCUT2D eigenvalue weighted by molar-refractivity contribution is 7.92. The maximum atomic E-state index is 13.8. The molecule has 0 fully saturated rings. The number of H-pyrrole nitrogens is 2. The summed E-state index contributed by atoms with van der Waals surface area (Å²) in [5.74, 6) is -1.52. The van der Waals surface area contributed by atoms with Crippen LogP contribution in [0.3, 0.4) is 0 Å². The van der Waals surface area contributed by atoms with Gasteiger partial charge >= 0.3 is 5.97 Å². The fraction of sp³-hybridized carbons (Fsp3) is 0.143. The summed E-state index contributed by atoms with van der Waals surface area (Å²) in [6.45, 7) is 1.47. The van der Waals surface area contributed by atoms with E-state index >= 15 is 0 Å². The smallest absolute Gasteiger partial charge is 0.303 e. The molecule has 8 nitrogen and oxygen atoms in total. The summed E-state index contributed by atoms with van der Waals surface area (Å²) in [4.78, 5) is 28.8. The van der Waals surface area contributed by atoms with Gasteiger partial charge in [0.15, 0.2) is 0 Å². The van der Waals surface area contributed by atoms with Gasteiger partial charge in [-0.3, -0.25) is 14.3 Å². The Bertz CT molecular complexity index is 1510. The van der Waals surface area contributed by atoms with Crippen LogP contribution in [0, 0.1) is 12.7 Å². The SMILES string of the molecule is Cc1c(F)cccc1NS(=O)(=O)c1ccc2[nH]c(=O)c3[nH]cc(CCC(=O)O)c3c2c1. The molecule has 0 saturated carbocycles. The maximum absolute atomic E-state index is 13.8. The van der Waals surface area contributed by atoms with E-state index in [-0.39, 0.29) is 34.5 Å². The Balaban J connectivity index is 1.86. The topological polar surface area (TPSA) is 132 Å². The van der Waals surface area contributed by atoms with Crippen molar-refractivity contribution in [3.63, 3.8) is 0 Å². The van der Waals surface area contributed by atoms with Crippen molar-refractivity contribution in [1.82, 2.24) is 9.97 Å². The molecular weight excluding hydrogens is 425 g/mol. The molecule has 0 amide bonds. The number of nitrogens with one attached hydrogen (secondary N) is 3. The summed E-state index contributed by atoms with van der Waals surface area (Å²) in [5.41, 5.74) is 1.13. The summed E-state index contributed by atoms with van der Waals surface area (Å²) < 4.78 is 42.1. The molecule has 4 aromatic rings. The molecule has 0 unspecified atom stereocenters. The van der Waals surface area contributed by atoms with Gasteiger partial charge in [-0.15, -0.1) is 0 Å². The zero-order valence-corrected chi connectivity index (χ0v) is 17.1. The Morgan fingerprint density at radius 3 is 2.74 bits per heavy atom. The number of aromatic amines is 2.